The molecule has 0 saturated carbocycles. The summed E-state index contributed by atoms with van der Waals surface area (Å²) < 4.78 is 1.65. The average Bonchev–Trinajstić information content (AvgIpc) is 1.79. The minimum Gasteiger partial charge on any atom is -0.331 e. The van der Waals surface area contributed by atoms with E-state index in [0.717, 1.165) is 6.54 Å². The Morgan fingerprint density at radius 3 is 2.44 bits per heavy atom. The van der Waals surface area contributed by atoms with Crippen LogP contribution in [0.15, 0.2) is 0 Å². The maximum absolute atomic E-state index is 10.8. The Hall–Kier alpha value is 0. The van der Waals surface area contributed by atoms with Crippen LogP contribution in [0.3, 0.4) is 0 Å². The summed E-state index contributed by atoms with van der Waals surface area (Å²) in [6, 6.07) is 0.0144. The van der Waals surface area contributed by atoms with E-state index in [1.807, 2.05) is 36.7 Å². The predicted octanol–water partition coefficient (Wildman–Crippen LogP) is 1.14. The van der Waals surface area contributed by atoms with Crippen LogP contribution in [0.1, 0.15) is 13.8 Å². The van der Waals surface area contributed by atoms with Gasteiger partial charge in [0.05, 0.1) is 34.9 Å². The molecular weight excluding hydrogens is 231 g/mol. The van der Waals surface area contributed by atoms with Gasteiger partial charge in [0.2, 0.25) is 0 Å². The van der Waals surface area contributed by atoms with E-state index in [1.54, 1.807) is 3.11 Å². The maximum Gasteiger partial charge on any atom is 0.326 e. The van der Waals surface area contributed by atoms with E-state index in [1.165, 1.54) is 0 Å². The standard InChI is InChI=1S/C5H9IN2O/c1-5(2)3-8(6)4(9)7-5/h3H2,1-2H3,(H,7,9). The van der Waals surface area contributed by atoms with Crippen molar-refractivity contribution in [2.24, 2.45) is 0 Å². The molecule has 0 aromatic rings. The molecule has 1 aliphatic rings. The monoisotopic (exact) mass is 240 g/mol. The van der Waals surface area contributed by atoms with Crippen LogP contribution in [0.4, 0.5) is 4.79 Å². The lowest BCUT2D eigenvalue weighted by molar-refractivity contribution is 0.239. The van der Waals surface area contributed by atoms with Crippen molar-refractivity contribution in [2.45, 2.75) is 19.4 Å². The predicted molar refractivity (Wildman–Crippen MR) is 43.3 cm³/mol. The number of nitrogens with zero attached hydrogens (tertiary/aromatic N) is 1. The summed E-state index contributed by atoms with van der Waals surface area (Å²) in [5, 5.41) is 2.82. The molecule has 1 aliphatic heterocycles. The summed E-state index contributed by atoms with van der Waals surface area (Å²) in [5.41, 5.74) is -0.0434. The van der Waals surface area contributed by atoms with Gasteiger partial charge in [0, 0.05) is 0 Å². The molecule has 0 aliphatic carbocycles. The molecule has 52 valence electrons. The van der Waals surface area contributed by atoms with Gasteiger partial charge in [-0.2, -0.15) is 0 Å². The SMILES string of the molecule is CC1(C)CN(I)C(=O)N1. The summed E-state index contributed by atoms with van der Waals surface area (Å²) in [7, 11) is 0. The van der Waals surface area contributed by atoms with Crippen molar-refractivity contribution in [3.63, 3.8) is 0 Å². The highest BCUT2D eigenvalue weighted by Gasteiger charge is 2.33. The van der Waals surface area contributed by atoms with Gasteiger partial charge in [-0.3, -0.25) is 3.11 Å². The lowest BCUT2D eigenvalue weighted by atomic mass is 10.1. The molecule has 2 amide bonds. The van der Waals surface area contributed by atoms with Gasteiger partial charge in [-0.25, -0.2) is 4.79 Å². The molecule has 1 N–H and O–H groups in total. The fourth-order valence-corrected chi connectivity index (χ4v) is 1.78. The van der Waals surface area contributed by atoms with Gasteiger partial charge >= 0.3 is 6.03 Å². The molecule has 0 bridgehead atoms. The minimum atomic E-state index is -0.0434. The van der Waals surface area contributed by atoms with Gasteiger partial charge in [-0.15, -0.1) is 0 Å². The Morgan fingerprint density at radius 1 is 1.78 bits per heavy atom. The smallest absolute Gasteiger partial charge is 0.326 e. The molecule has 1 rings (SSSR count). The van der Waals surface area contributed by atoms with Crippen LogP contribution in [0.5, 0.6) is 0 Å². The zero-order valence-electron chi connectivity index (χ0n) is 5.44. The van der Waals surface area contributed by atoms with E-state index < -0.39 is 0 Å². The van der Waals surface area contributed by atoms with Crippen LogP contribution in [0.2, 0.25) is 0 Å². The lowest BCUT2D eigenvalue weighted by Gasteiger charge is -2.13. The van der Waals surface area contributed by atoms with Crippen LogP contribution in [0.25, 0.3) is 0 Å². The Bertz CT molecular complexity index is 146. The second-order valence-electron chi connectivity index (χ2n) is 2.83. The third kappa shape index (κ3) is 1.47. The highest BCUT2D eigenvalue weighted by Crippen LogP contribution is 2.17. The molecule has 0 radical (unpaired) electrons. The number of amides is 2. The van der Waals surface area contributed by atoms with Crippen molar-refractivity contribution in [3.8, 4) is 0 Å². The summed E-state index contributed by atoms with van der Waals surface area (Å²) in [4.78, 5) is 10.8. The van der Waals surface area contributed by atoms with E-state index in [0.29, 0.717) is 0 Å². The first-order chi connectivity index (χ1) is 4.01. The fraction of sp³-hybridized carbons (Fsp3) is 0.800. The molecule has 9 heavy (non-hydrogen) atoms. The Balaban J connectivity index is 2.65. The molecule has 0 spiro atoms. The van der Waals surface area contributed by atoms with Crippen molar-refractivity contribution in [1.29, 1.82) is 0 Å². The van der Waals surface area contributed by atoms with Crippen LogP contribution in [-0.2, 0) is 0 Å². The number of carbonyl (C=O) groups excluding carboxylic acids is 1. The number of rotatable bonds is 0. The van der Waals surface area contributed by atoms with Gasteiger partial charge in [0.25, 0.3) is 0 Å². The normalized spacial score (nSPS) is 24.3. The molecule has 0 unspecified atom stereocenters. The van der Waals surface area contributed by atoms with E-state index in [4.69, 9.17) is 0 Å². The maximum atomic E-state index is 10.8. The van der Waals surface area contributed by atoms with Crippen LogP contribution in [0, 0.1) is 0 Å². The van der Waals surface area contributed by atoms with Crippen molar-refractivity contribution < 1.29 is 4.79 Å². The Morgan fingerprint density at radius 2 is 2.33 bits per heavy atom. The number of hydrogen-bond donors (Lipinski definition) is 1. The second-order valence-corrected chi connectivity index (χ2v) is 4.00. The van der Waals surface area contributed by atoms with Gasteiger partial charge in [-0.1, -0.05) is 0 Å². The quantitative estimate of drug-likeness (QED) is 0.499. The first-order valence-corrected chi connectivity index (χ1v) is 3.73. The second kappa shape index (κ2) is 2.00. The molecule has 1 fully saturated rings. The summed E-state index contributed by atoms with van der Waals surface area (Å²) in [6.07, 6.45) is 0. The van der Waals surface area contributed by atoms with Gasteiger partial charge in [0.1, 0.15) is 0 Å². The summed E-state index contributed by atoms with van der Waals surface area (Å²) >= 11 is 2.00. The zero-order chi connectivity index (χ0) is 7.07. The highest BCUT2D eigenvalue weighted by atomic mass is 127. The van der Waals surface area contributed by atoms with Crippen molar-refractivity contribution >= 4 is 28.9 Å². The van der Waals surface area contributed by atoms with Crippen molar-refractivity contribution in [2.75, 3.05) is 6.54 Å². The van der Waals surface area contributed by atoms with E-state index in [2.05, 4.69) is 5.32 Å². The number of halogens is 1. The van der Waals surface area contributed by atoms with Crippen LogP contribution >= 0.6 is 22.9 Å². The molecular formula is C5H9IN2O. The topological polar surface area (TPSA) is 32.3 Å². The zero-order valence-corrected chi connectivity index (χ0v) is 7.60. The summed E-state index contributed by atoms with van der Waals surface area (Å²) in [5.74, 6) is 0. The van der Waals surface area contributed by atoms with Crippen molar-refractivity contribution in [3.05, 3.63) is 0 Å². The molecule has 3 nitrogen and oxygen atoms in total. The lowest BCUT2D eigenvalue weighted by Crippen LogP contribution is -2.36. The Kier molecular flexibility index (Phi) is 1.58. The number of hydrogen-bond acceptors (Lipinski definition) is 1. The van der Waals surface area contributed by atoms with Crippen molar-refractivity contribution in [1.82, 2.24) is 8.43 Å². The largest absolute Gasteiger partial charge is 0.331 e. The molecule has 1 heterocycles. The first-order valence-electron chi connectivity index (χ1n) is 2.77. The van der Waals surface area contributed by atoms with Gasteiger partial charge in [-0.05, 0) is 13.8 Å². The highest BCUT2D eigenvalue weighted by molar-refractivity contribution is 14.1. The number of carbonyl (C=O) groups is 1. The van der Waals surface area contributed by atoms with E-state index >= 15 is 0 Å². The van der Waals surface area contributed by atoms with E-state index in [9.17, 15) is 4.79 Å². The number of urea groups is 1. The Labute approximate surface area is 68.3 Å². The first kappa shape index (κ1) is 7.11. The van der Waals surface area contributed by atoms with Gasteiger partial charge in [0.15, 0.2) is 0 Å². The molecule has 0 aromatic heterocycles. The van der Waals surface area contributed by atoms with Crippen LogP contribution < -0.4 is 5.32 Å². The molecule has 4 heteroatoms. The van der Waals surface area contributed by atoms with Crippen LogP contribution in [-0.4, -0.2) is 21.2 Å². The molecule has 1 saturated heterocycles. The third-order valence-corrected chi connectivity index (χ3v) is 1.98. The molecule has 0 atom stereocenters. The summed E-state index contributed by atoms with van der Waals surface area (Å²) in [6.45, 7) is 4.79. The number of nitrogens with one attached hydrogen (secondary N) is 1. The fourth-order valence-electron chi connectivity index (χ4n) is 0.809. The average molecular weight is 240 g/mol. The third-order valence-electron chi connectivity index (χ3n) is 1.20. The van der Waals surface area contributed by atoms with Gasteiger partial charge < -0.3 is 5.32 Å². The molecule has 0 aromatic carbocycles. The van der Waals surface area contributed by atoms with E-state index in [-0.39, 0.29) is 11.6 Å². The minimum absolute atomic E-state index is 0.0144.